The van der Waals surface area contributed by atoms with Gasteiger partial charge in [0.15, 0.2) is 0 Å². The van der Waals surface area contributed by atoms with Crippen LogP contribution in [0.15, 0.2) is 24.3 Å². The van der Waals surface area contributed by atoms with Gasteiger partial charge in [-0.05, 0) is 23.8 Å². The van der Waals surface area contributed by atoms with Crippen LogP contribution >= 0.6 is 0 Å². The Bertz CT molecular complexity index is 274. The molecule has 0 aromatic heterocycles. The first-order chi connectivity index (χ1) is 4.83. The Kier molecular flexibility index (Phi) is 1.98. The molecule has 0 aliphatic heterocycles. The van der Waals surface area contributed by atoms with Gasteiger partial charge in [-0.3, -0.25) is 5.87 Å². The monoisotopic (exact) mass is 134 g/mol. The molecule has 1 aromatic rings. The van der Waals surface area contributed by atoms with Crippen LogP contribution in [-0.4, -0.2) is 5.87 Å². The summed E-state index contributed by atoms with van der Waals surface area (Å²) in [7, 11) is 0. The summed E-state index contributed by atoms with van der Waals surface area (Å²) >= 11 is 0. The largest absolute Gasteiger partial charge is 0.763 e. The standard InChI is InChI=1S/C8H5FN/c9-8-3-1-2-7(6-8)4-5-10/h1-4,6H/q-1. The third kappa shape index (κ3) is 1.54. The predicted octanol–water partition coefficient (Wildman–Crippen LogP) is 2.08. The Morgan fingerprint density at radius 3 is 2.90 bits per heavy atom. The molecule has 0 amide bonds. The van der Waals surface area contributed by atoms with Gasteiger partial charge in [-0.1, -0.05) is 12.1 Å². The highest BCUT2D eigenvalue weighted by Gasteiger charge is 1.87. The molecule has 0 bridgehead atoms. The van der Waals surface area contributed by atoms with Crippen LogP contribution < -0.4 is 0 Å². The fourth-order valence-electron chi connectivity index (χ4n) is 0.671. The van der Waals surface area contributed by atoms with E-state index in [-0.39, 0.29) is 5.82 Å². The first-order valence-electron chi connectivity index (χ1n) is 2.81. The lowest BCUT2D eigenvalue weighted by molar-refractivity contribution is 0.627. The lowest BCUT2D eigenvalue weighted by Crippen LogP contribution is -1.74. The molecule has 1 nitrogen and oxygen atoms in total. The third-order valence-electron chi connectivity index (χ3n) is 1.08. The maximum absolute atomic E-state index is 12.4. The van der Waals surface area contributed by atoms with E-state index in [0.717, 1.165) is 0 Å². The lowest BCUT2D eigenvalue weighted by atomic mass is 10.2. The molecule has 0 N–H and O–H groups in total. The number of benzene rings is 1. The molecule has 0 saturated heterocycles. The van der Waals surface area contributed by atoms with Crippen molar-refractivity contribution in [2.75, 3.05) is 0 Å². The van der Waals surface area contributed by atoms with Crippen LogP contribution in [0.25, 0.3) is 11.5 Å². The number of hydrogen-bond acceptors (Lipinski definition) is 0. The second-order valence-corrected chi connectivity index (χ2v) is 1.83. The predicted molar refractivity (Wildman–Crippen MR) is 39.2 cm³/mol. The van der Waals surface area contributed by atoms with E-state index in [1.807, 2.05) is 5.87 Å². The first kappa shape index (κ1) is 6.72. The molecule has 0 aliphatic carbocycles. The molecular weight excluding hydrogens is 129 g/mol. The maximum atomic E-state index is 12.4. The van der Waals surface area contributed by atoms with Gasteiger partial charge in [0.2, 0.25) is 0 Å². The van der Waals surface area contributed by atoms with Gasteiger partial charge in [0.05, 0.1) is 0 Å². The fourth-order valence-corrected chi connectivity index (χ4v) is 0.671. The molecule has 0 aliphatic rings. The molecule has 0 saturated carbocycles. The summed E-state index contributed by atoms with van der Waals surface area (Å²) in [6.07, 6.45) is 1.29. The molecule has 1 aromatic carbocycles. The van der Waals surface area contributed by atoms with Gasteiger partial charge in [0.25, 0.3) is 0 Å². The van der Waals surface area contributed by atoms with Crippen molar-refractivity contribution in [2.24, 2.45) is 0 Å². The second-order valence-electron chi connectivity index (χ2n) is 1.83. The number of hydrogen-bond donors (Lipinski definition) is 0. The maximum Gasteiger partial charge on any atom is 0.123 e. The van der Waals surface area contributed by atoms with Crippen molar-refractivity contribution in [3.8, 4) is 0 Å². The van der Waals surface area contributed by atoms with Gasteiger partial charge in [-0.2, -0.15) is 0 Å². The van der Waals surface area contributed by atoms with E-state index in [9.17, 15) is 4.39 Å². The van der Waals surface area contributed by atoms with E-state index in [1.54, 1.807) is 12.1 Å². The Hall–Kier alpha value is -1.40. The summed E-state index contributed by atoms with van der Waals surface area (Å²) in [4.78, 5) is 0. The molecule has 1 rings (SSSR count). The number of halogens is 1. The minimum Gasteiger partial charge on any atom is -0.763 e. The molecule has 2 heteroatoms. The molecule has 0 heterocycles. The first-order valence-corrected chi connectivity index (χ1v) is 2.81. The van der Waals surface area contributed by atoms with Crippen molar-refractivity contribution < 1.29 is 4.39 Å². The van der Waals surface area contributed by atoms with Crippen LogP contribution in [0.2, 0.25) is 0 Å². The Morgan fingerprint density at radius 2 is 2.30 bits per heavy atom. The third-order valence-corrected chi connectivity index (χ3v) is 1.08. The second kappa shape index (κ2) is 2.95. The SMILES string of the molecule is [N-]=C=Cc1cccc(F)c1. The molecule has 0 atom stereocenters. The molecule has 50 valence electrons. The van der Waals surface area contributed by atoms with Crippen LogP contribution in [0.3, 0.4) is 0 Å². The van der Waals surface area contributed by atoms with Crippen molar-refractivity contribution >= 4 is 11.9 Å². The molecule has 0 radical (unpaired) electrons. The Balaban J connectivity index is 3.06. The summed E-state index contributed by atoms with van der Waals surface area (Å²) in [6, 6.07) is 5.89. The van der Waals surface area contributed by atoms with E-state index < -0.39 is 0 Å². The van der Waals surface area contributed by atoms with Crippen molar-refractivity contribution in [3.05, 3.63) is 41.1 Å². The van der Waals surface area contributed by atoms with E-state index in [1.165, 1.54) is 18.2 Å². The van der Waals surface area contributed by atoms with Crippen LogP contribution in [0.1, 0.15) is 5.56 Å². The highest BCUT2D eigenvalue weighted by Crippen LogP contribution is 2.02. The number of rotatable bonds is 1. The van der Waals surface area contributed by atoms with Crippen molar-refractivity contribution in [2.45, 2.75) is 0 Å². The minimum atomic E-state index is -0.316. The number of nitrogens with zero attached hydrogens (tertiary/aromatic N) is 1. The van der Waals surface area contributed by atoms with Gasteiger partial charge in [0, 0.05) is 0 Å². The van der Waals surface area contributed by atoms with Crippen LogP contribution in [0, 0.1) is 5.82 Å². The van der Waals surface area contributed by atoms with Crippen LogP contribution in [-0.2, 0) is 0 Å². The quantitative estimate of drug-likeness (QED) is 0.525. The molecule has 0 unspecified atom stereocenters. The van der Waals surface area contributed by atoms with E-state index >= 15 is 0 Å². The average Bonchev–Trinajstić information content (AvgIpc) is 1.88. The lowest BCUT2D eigenvalue weighted by Gasteiger charge is -1.90. The highest BCUT2D eigenvalue weighted by atomic mass is 19.1. The minimum absolute atomic E-state index is 0.316. The summed E-state index contributed by atoms with van der Waals surface area (Å²) in [5, 5.41) is 8.18. The zero-order valence-electron chi connectivity index (χ0n) is 5.21. The fraction of sp³-hybridized carbons (Fsp3) is 0. The van der Waals surface area contributed by atoms with Crippen molar-refractivity contribution in [1.29, 1.82) is 0 Å². The molecule has 0 fully saturated rings. The Labute approximate surface area is 58.3 Å². The Morgan fingerprint density at radius 1 is 1.50 bits per heavy atom. The van der Waals surface area contributed by atoms with Crippen molar-refractivity contribution in [3.63, 3.8) is 0 Å². The topological polar surface area (TPSA) is 22.3 Å². The molecular formula is C8H5FN-. The van der Waals surface area contributed by atoms with Gasteiger partial charge >= 0.3 is 0 Å². The highest BCUT2D eigenvalue weighted by molar-refractivity contribution is 5.79. The van der Waals surface area contributed by atoms with E-state index in [4.69, 9.17) is 5.41 Å². The van der Waals surface area contributed by atoms with Crippen molar-refractivity contribution in [1.82, 2.24) is 0 Å². The average molecular weight is 134 g/mol. The zero-order chi connectivity index (χ0) is 7.40. The van der Waals surface area contributed by atoms with E-state index in [2.05, 4.69) is 0 Å². The van der Waals surface area contributed by atoms with Gasteiger partial charge in [0.1, 0.15) is 5.82 Å². The molecule has 0 spiro atoms. The summed E-state index contributed by atoms with van der Waals surface area (Å²) in [5.74, 6) is 1.50. The smallest absolute Gasteiger partial charge is 0.123 e. The van der Waals surface area contributed by atoms with Gasteiger partial charge < -0.3 is 5.41 Å². The van der Waals surface area contributed by atoms with Crippen LogP contribution in [0.4, 0.5) is 4.39 Å². The zero-order valence-corrected chi connectivity index (χ0v) is 5.21. The summed E-state index contributed by atoms with van der Waals surface area (Å²) in [6.45, 7) is 0. The summed E-state index contributed by atoms with van der Waals surface area (Å²) < 4.78 is 12.4. The van der Waals surface area contributed by atoms with Crippen LogP contribution in [0.5, 0.6) is 0 Å². The molecule has 10 heavy (non-hydrogen) atoms. The van der Waals surface area contributed by atoms with E-state index in [0.29, 0.717) is 5.56 Å². The van der Waals surface area contributed by atoms with Gasteiger partial charge in [-0.15, -0.1) is 0 Å². The normalized spacial score (nSPS) is 8.50. The van der Waals surface area contributed by atoms with Gasteiger partial charge in [-0.25, -0.2) is 4.39 Å². The summed E-state index contributed by atoms with van der Waals surface area (Å²) in [5.41, 5.74) is 0.600.